The van der Waals surface area contributed by atoms with Gasteiger partial charge < -0.3 is 24.7 Å². The molecule has 0 saturated carbocycles. The van der Waals surface area contributed by atoms with Crippen LogP contribution in [-0.2, 0) is 28.3 Å². The topological polar surface area (TPSA) is 111 Å². The quantitative estimate of drug-likeness (QED) is 0.143. The van der Waals surface area contributed by atoms with E-state index in [-0.39, 0.29) is 37.9 Å². The minimum absolute atomic E-state index is 0.0144. The average Bonchev–Trinajstić information content (AvgIpc) is 3.29. The average molecular weight is 694 g/mol. The van der Waals surface area contributed by atoms with Crippen molar-refractivity contribution in [3.8, 4) is 11.5 Å². The molecule has 7 rings (SSSR count). The van der Waals surface area contributed by atoms with Gasteiger partial charge in [-0.15, -0.1) is 0 Å². The Morgan fingerprint density at radius 3 is 2.21 bits per heavy atom. The second-order valence-corrected chi connectivity index (χ2v) is 13.0. The molecule has 52 heavy (non-hydrogen) atoms. The summed E-state index contributed by atoms with van der Waals surface area (Å²) in [5, 5.41) is 22.2. The molecule has 0 spiro atoms. The third-order valence-electron chi connectivity index (χ3n) is 9.66. The summed E-state index contributed by atoms with van der Waals surface area (Å²) in [6.07, 6.45) is 3.37. The zero-order valence-electron chi connectivity index (χ0n) is 28.8. The SMILES string of the molecule is C[C@H](/C=C/CC(=O)N(CCO)Cc1ccccc1)[C@@]1(O)C(=O)N(Cc2ccccc2)c2ccc(N3C(=O)c4ccccc4Oc4ccccc43)cc21. The van der Waals surface area contributed by atoms with E-state index < -0.39 is 17.4 Å². The molecule has 2 aliphatic heterocycles. The molecule has 0 saturated heterocycles. The minimum Gasteiger partial charge on any atom is -0.454 e. The highest BCUT2D eigenvalue weighted by Gasteiger charge is 2.53. The first-order valence-electron chi connectivity index (χ1n) is 17.3. The summed E-state index contributed by atoms with van der Waals surface area (Å²) in [6.45, 7) is 2.33. The van der Waals surface area contributed by atoms with Crippen LogP contribution in [0.5, 0.6) is 11.5 Å². The maximum absolute atomic E-state index is 14.4. The molecule has 5 aromatic rings. The largest absolute Gasteiger partial charge is 0.454 e. The van der Waals surface area contributed by atoms with E-state index in [1.807, 2.05) is 78.9 Å². The van der Waals surface area contributed by atoms with Gasteiger partial charge in [0.1, 0.15) is 5.75 Å². The van der Waals surface area contributed by atoms with Gasteiger partial charge in [0, 0.05) is 36.7 Å². The summed E-state index contributed by atoms with van der Waals surface area (Å²) in [5.74, 6) is -0.863. The molecule has 3 amide bonds. The lowest BCUT2D eigenvalue weighted by atomic mass is 9.82. The third kappa shape index (κ3) is 6.48. The number of rotatable bonds is 11. The Morgan fingerprint density at radius 2 is 1.48 bits per heavy atom. The van der Waals surface area contributed by atoms with Gasteiger partial charge >= 0.3 is 0 Å². The molecule has 0 radical (unpaired) electrons. The monoisotopic (exact) mass is 693 g/mol. The van der Waals surface area contributed by atoms with Crippen LogP contribution in [0, 0.1) is 5.92 Å². The van der Waals surface area contributed by atoms with Crippen molar-refractivity contribution in [3.63, 3.8) is 0 Å². The number of anilines is 3. The van der Waals surface area contributed by atoms with Gasteiger partial charge in [-0.25, -0.2) is 0 Å². The Labute approximate surface area is 302 Å². The lowest BCUT2D eigenvalue weighted by Crippen LogP contribution is -2.44. The fraction of sp³-hybridized carbons (Fsp3) is 0.186. The van der Waals surface area contributed by atoms with Gasteiger partial charge in [0.05, 0.1) is 30.1 Å². The first kappa shape index (κ1) is 34.4. The molecule has 0 aliphatic carbocycles. The van der Waals surface area contributed by atoms with Crippen molar-refractivity contribution in [1.29, 1.82) is 0 Å². The normalized spacial score (nSPS) is 16.9. The number of fused-ring (bicyclic) bond motifs is 3. The summed E-state index contributed by atoms with van der Waals surface area (Å²) >= 11 is 0. The van der Waals surface area contributed by atoms with Crippen LogP contribution in [0.2, 0.25) is 0 Å². The third-order valence-corrected chi connectivity index (χ3v) is 9.66. The van der Waals surface area contributed by atoms with E-state index in [0.717, 1.165) is 11.1 Å². The number of hydrogen-bond donors (Lipinski definition) is 2. The van der Waals surface area contributed by atoms with E-state index in [0.29, 0.717) is 46.2 Å². The van der Waals surface area contributed by atoms with Crippen molar-refractivity contribution < 1.29 is 29.3 Å². The zero-order chi connectivity index (χ0) is 36.2. The number of carbonyl (C=O) groups is 3. The van der Waals surface area contributed by atoms with E-state index >= 15 is 0 Å². The predicted molar refractivity (Wildman–Crippen MR) is 199 cm³/mol. The second-order valence-electron chi connectivity index (χ2n) is 13.0. The molecule has 2 heterocycles. The van der Waals surface area contributed by atoms with Gasteiger partial charge in [-0.05, 0) is 53.6 Å². The summed E-state index contributed by atoms with van der Waals surface area (Å²) in [5.41, 5.74) is 2.04. The maximum Gasteiger partial charge on any atom is 0.266 e. The van der Waals surface area contributed by atoms with Gasteiger partial charge in [-0.2, -0.15) is 0 Å². The van der Waals surface area contributed by atoms with Gasteiger partial charge in [0.25, 0.3) is 11.8 Å². The lowest BCUT2D eigenvalue weighted by Gasteiger charge is -2.29. The first-order valence-corrected chi connectivity index (χ1v) is 17.3. The van der Waals surface area contributed by atoms with Crippen molar-refractivity contribution in [2.24, 2.45) is 5.92 Å². The number of aliphatic hydroxyl groups is 2. The maximum atomic E-state index is 14.4. The number of amides is 3. The Kier molecular flexibility index (Phi) is 9.71. The van der Waals surface area contributed by atoms with Crippen molar-refractivity contribution in [2.45, 2.75) is 32.0 Å². The molecule has 0 bridgehead atoms. The Balaban J connectivity index is 1.24. The molecular formula is C43H39N3O6. The lowest BCUT2D eigenvalue weighted by molar-refractivity contribution is -0.139. The molecule has 0 fully saturated rings. The van der Waals surface area contributed by atoms with Crippen LogP contribution in [0.15, 0.2) is 140 Å². The number of carbonyl (C=O) groups excluding carboxylic acids is 3. The first-order chi connectivity index (χ1) is 25.3. The Hall–Kier alpha value is -6.03. The molecule has 2 atom stereocenters. The number of hydrogen-bond acceptors (Lipinski definition) is 6. The van der Waals surface area contributed by atoms with Gasteiger partial charge in [-0.3, -0.25) is 19.3 Å². The smallest absolute Gasteiger partial charge is 0.266 e. The summed E-state index contributed by atoms with van der Waals surface area (Å²) in [6, 6.07) is 38.6. The number of ether oxygens (including phenoxy) is 1. The molecule has 262 valence electrons. The molecule has 5 aromatic carbocycles. The molecule has 2 aliphatic rings. The van der Waals surface area contributed by atoms with Crippen LogP contribution in [0.3, 0.4) is 0 Å². The molecule has 9 nitrogen and oxygen atoms in total. The number of nitrogens with zero attached hydrogens (tertiary/aromatic N) is 3. The van der Waals surface area contributed by atoms with Crippen molar-refractivity contribution in [2.75, 3.05) is 23.0 Å². The van der Waals surface area contributed by atoms with Gasteiger partial charge in [0.2, 0.25) is 5.91 Å². The highest BCUT2D eigenvalue weighted by molar-refractivity contribution is 6.15. The van der Waals surface area contributed by atoms with Crippen LogP contribution < -0.4 is 14.5 Å². The fourth-order valence-electron chi connectivity index (χ4n) is 6.92. The fourth-order valence-corrected chi connectivity index (χ4v) is 6.92. The molecule has 2 N–H and O–H groups in total. The Bertz CT molecular complexity index is 2140. The van der Waals surface area contributed by atoms with Crippen molar-refractivity contribution in [1.82, 2.24) is 4.90 Å². The molecular weight excluding hydrogens is 654 g/mol. The number of aliphatic hydroxyl groups excluding tert-OH is 1. The predicted octanol–water partition coefficient (Wildman–Crippen LogP) is 7.11. The summed E-state index contributed by atoms with van der Waals surface area (Å²) in [7, 11) is 0. The molecule has 0 unspecified atom stereocenters. The second kappa shape index (κ2) is 14.7. The van der Waals surface area contributed by atoms with Gasteiger partial charge in [0.15, 0.2) is 11.4 Å². The van der Waals surface area contributed by atoms with Crippen LogP contribution in [0.1, 0.15) is 40.4 Å². The van der Waals surface area contributed by atoms with Crippen LogP contribution in [0.4, 0.5) is 17.1 Å². The van der Waals surface area contributed by atoms with Crippen molar-refractivity contribution >= 4 is 34.8 Å². The highest BCUT2D eigenvalue weighted by Crippen LogP contribution is 2.49. The van der Waals surface area contributed by atoms with E-state index in [1.54, 1.807) is 82.3 Å². The standard InChI is InChI=1S/C43H39N3O6/c1-30(13-12-22-40(48)44(25-26-47)28-31-14-4-2-5-15-31)43(51)35-27-33(23-24-36(35)45(42(43)50)29-32-16-6-3-7-17-32)46-37-19-9-11-21-39(37)52-38-20-10-8-18-34(38)41(46)49/h2-21,23-24,27,30,47,51H,22,25-26,28-29H2,1H3/b13-12+/t30-,43+/m1/s1. The molecule has 9 heteroatoms. The van der Waals surface area contributed by atoms with E-state index in [2.05, 4.69) is 0 Å². The minimum atomic E-state index is -2.02. The highest BCUT2D eigenvalue weighted by atomic mass is 16.5. The zero-order valence-corrected chi connectivity index (χ0v) is 28.8. The number of para-hydroxylation sites is 3. The van der Waals surface area contributed by atoms with Crippen LogP contribution in [0.25, 0.3) is 0 Å². The molecule has 0 aromatic heterocycles. The van der Waals surface area contributed by atoms with Crippen LogP contribution >= 0.6 is 0 Å². The van der Waals surface area contributed by atoms with Crippen LogP contribution in [-0.4, -0.2) is 46.0 Å². The number of benzene rings is 5. The van der Waals surface area contributed by atoms with E-state index in [4.69, 9.17) is 4.74 Å². The van der Waals surface area contributed by atoms with E-state index in [1.165, 1.54) is 0 Å². The van der Waals surface area contributed by atoms with E-state index in [9.17, 15) is 24.6 Å². The van der Waals surface area contributed by atoms with Crippen molar-refractivity contribution in [3.05, 3.63) is 162 Å². The van der Waals surface area contributed by atoms with Gasteiger partial charge in [-0.1, -0.05) is 104 Å². The Morgan fingerprint density at radius 1 is 0.827 bits per heavy atom. The summed E-state index contributed by atoms with van der Waals surface area (Å²) < 4.78 is 6.20. The summed E-state index contributed by atoms with van der Waals surface area (Å²) in [4.78, 5) is 46.7.